The van der Waals surface area contributed by atoms with Crippen molar-refractivity contribution in [3.8, 4) is 11.8 Å². The molecule has 3 aromatic rings. The highest BCUT2D eigenvalue weighted by molar-refractivity contribution is 7.99. The van der Waals surface area contributed by atoms with E-state index in [1.807, 2.05) is 19.1 Å². The molecule has 1 unspecified atom stereocenters. The van der Waals surface area contributed by atoms with Crippen molar-refractivity contribution in [1.82, 2.24) is 30.0 Å². The number of piperazine rings is 1. The number of ether oxygens (including phenoxy) is 5. The number of ketones is 1. The Morgan fingerprint density at radius 2 is 1.57 bits per heavy atom. The van der Waals surface area contributed by atoms with Gasteiger partial charge in [-0.2, -0.15) is 5.26 Å². The second kappa shape index (κ2) is 28.5. The van der Waals surface area contributed by atoms with Crippen molar-refractivity contribution in [2.75, 3.05) is 131 Å². The molecule has 0 aliphatic carbocycles. The number of guanidine groups is 1. The Labute approximate surface area is 389 Å². The molecule has 1 aromatic carbocycles. The lowest BCUT2D eigenvalue weighted by atomic mass is 9.89. The van der Waals surface area contributed by atoms with Crippen LogP contribution < -0.4 is 15.8 Å². The van der Waals surface area contributed by atoms with Gasteiger partial charge in [-0.1, -0.05) is 44.5 Å². The summed E-state index contributed by atoms with van der Waals surface area (Å²) in [5, 5.41) is 14.5. The number of piperidine rings is 1. The van der Waals surface area contributed by atoms with Crippen LogP contribution in [0.25, 0.3) is 16.5 Å². The number of nitrogens with two attached hydrogens (primary N) is 1. The number of thioether (sulfide) groups is 1. The van der Waals surface area contributed by atoms with Crippen LogP contribution in [-0.4, -0.2) is 173 Å². The second-order valence-corrected chi connectivity index (χ2v) is 17.2. The van der Waals surface area contributed by atoms with E-state index in [1.54, 1.807) is 17.3 Å². The van der Waals surface area contributed by atoms with Gasteiger partial charge in [0, 0.05) is 77.5 Å². The number of hydrogen-bond acceptors (Lipinski definition) is 13. The van der Waals surface area contributed by atoms with Crippen LogP contribution in [0.1, 0.15) is 80.3 Å². The van der Waals surface area contributed by atoms with Gasteiger partial charge in [0.1, 0.15) is 10.8 Å². The Kier molecular flexibility index (Phi) is 22.5. The van der Waals surface area contributed by atoms with Gasteiger partial charge in [-0.25, -0.2) is 4.98 Å². The van der Waals surface area contributed by atoms with Crippen molar-refractivity contribution in [2.24, 2.45) is 10.7 Å². The molecule has 65 heavy (non-hydrogen) atoms. The topological polar surface area (TPSA) is 193 Å². The first-order valence-corrected chi connectivity index (χ1v) is 24.3. The number of Topliss-reactive ketones (excluding diaryl/α,β-unsaturated/α-hetero) is 1. The number of aliphatic imine (C=N–C) groups is 1. The number of allylic oxidation sites excluding steroid dienone is 1. The Bertz CT molecular complexity index is 2020. The maximum atomic E-state index is 13.8. The van der Waals surface area contributed by atoms with Gasteiger partial charge >= 0.3 is 0 Å². The Morgan fingerprint density at radius 1 is 0.923 bits per heavy atom. The van der Waals surface area contributed by atoms with Crippen LogP contribution in [0.5, 0.6) is 5.75 Å². The molecule has 0 saturated carbocycles. The van der Waals surface area contributed by atoms with Crippen LogP contribution in [-0.2, 0) is 23.7 Å². The van der Waals surface area contributed by atoms with E-state index in [0.29, 0.717) is 137 Å². The molecule has 4 N–H and O–H groups in total. The van der Waals surface area contributed by atoms with Crippen LogP contribution in [0, 0.1) is 11.3 Å². The average molecular weight is 918 g/mol. The number of likely N-dealkylation sites (tertiary alicyclic amines) is 1. The number of nitrogens with one attached hydrogen (secondary N) is 2. The molecule has 356 valence electrons. The summed E-state index contributed by atoms with van der Waals surface area (Å²) in [6, 6.07) is 10.8. The van der Waals surface area contributed by atoms with E-state index < -0.39 is 11.7 Å². The standard InChI is InChI=1S/C48H71N9O7S/c1-5-8-36(6-2)37-9-11-38(12-10-37)40(33-49)39-13-17-57(18-14-39)47(59)45(58)41-34-53-44-43(41)42(60-4)35-54-46(44)65-32-16-52-48(50)51-15-19-55-20-22-56(23-21-55)24-25-62-28-29-64-31-30-63-27-26-61-7-3/h9-12,34-36,53H,5-8,13-32H2,1-4H3,(H3,50,51,52). The number of aromatic nitrogens is 2. The minimum Gasteiger partial charge on any atom is -0.494 e. The van der Waals surface area contributed by atoms with Crippen molar-refractivity contribution in [2.45, 2.75) is 63.8 Å². The molecule has 4 heterocycles. The number of nitrogens with zero attached hydrogens (tertiary/aromatic N) is 6. The van der Waals surface area contributed by atoms with Crippen molar-refractivity contribution in [1.29, 1.82) is 5.26 Å². The molecular weight excluding hydrogens is 847 g/mol. The van der Waals surface area contributed by atoms with Crippen LogP contribution in [0.15, 0.2) is 52.3 Å². The van der Waals surface area contributed by atoms with E-state index in [9.17, 15) is 14.9 Å². The third-order valence-corrected chi connectivity index (χ3v) is 12.9. The number of nitriles is 1. The van der Waals surface area contributed by atoms with Gasteiger partial charge in [-0.05, 0) is 55.2 Å². The van der Waals surface area contributed by atoms with Gasteiger partial charge in [-0.15, -0.1) is 11.8 Å². The normalized spacial score (nSPS) is 15.6. The Hall–Kier alpha value is -4.54. The lowest BCUT2D eigenvalue weighted by Crippen LogP contribution is -2.48. The lowest BCUT2D eigenvalue weighted by molar-refractivity contribution is -0.126. The first-order valence-electron chi connectivity index (χ1n) is 23.3. The van der Waals surface area contributed by atoms with Crippen LogP contribution in [0.2, 0.25) is 0 Å². The quantitative estimate of drug-likeness (QED) is 0.0161. The minimum atomic E-state index is -0.611. The van der Waals surface area contributed by atoms with Gasteiger partial charge in [0.2, 0.25) is 0 Å². The van der Waals surface area contributed by atoms with Crippen LogP contribution in [0.3, 0.4) is 0 Å². The zero-order valence-electron chi connectivity index (χ0n) is 39.0. The zero-order valence-corrected chi connectivity index (χ0v) is 39.9. The minimum absolute atomic E-state index is 0.243. The maximum Gasteiger partial charge on any atom is 0.295 e. The number of hydrogen-bond donors (Lipinski definition) is 3. The monoisotopic (exact) mass is 918 g/mol. The number of carbonyl (C=O) groups is 2. The molecule has 0 radical (unpaired) electrons. The molecular formula is C48H71N9O7S. The molecule has 2 saturated heterocycles. The Balaban J connectivity index is 1.00. The van der Waals surface area contributed by atoms with Crippen molar-refractivity contribution in [3.63, 3.8) is 0 Å². The SMILES string of the molecule is CCCC(CC)c1ccc(C(C#N)=C2CCN(C(=O)C(=O)c3c[nH]c4c(SCCNC(N)=NCCN5CCN(CCOCCOCCOCCOCC)CC5)ncc(OC)c34)CC2)cc1. The van der Waals surface area contributed by atoms with E-state index in [1.165, 1.54) is 24.4 Å². The van der Waals surface area contributed by atoms with Crippen molar-refractivity contribution >= 4 is 45.9 Å². The number of carbonyl (C=O) groups excluding carboxylic acids is 2. The number of methoxy groups -OCH3 is 1. The fraction of sp³-hybridized carbons (Fsp3) is 0.604. The van der Waals surface area contributed by atoms with E-state index in [-0.39, 0.29) is 5.56 Å². The summed E-state index contributed by atoms with van der Waals surface area (Å²) in [5.74, 6) is 0.762. The number of amides is 1. The van der Waals surface area contributed by atoms with Gasteiger partial charge in [-0.3, -0.25) is 24.4 Å². The van der Waals surface area contributed by atoms with Gasteiger partial charge in [0.15, 0.2) is 5.96 Å². The summed E-state index contributed by atoms with van der Waals surface area (Å²) >= 11 is 1.50. The highest BCUT2D eigenvalue weighted by Gasteiger charge is 2.30. The highest BCUT2D eigenvalue weighted by Crippen LogP contribution is 2.35. The number of rotatable bonds is 28. The van der Waals surface area contributed by atoms with E-state index in [0.717, 1.165) is 69.7 Å². The molecule has 5 rings (SSSR count). The van der Waals surface area contributed by atoms with Gasteiger partial charge in [0.05, 0.1) is 94.2 Å². The number of benzene rings is 1. The van der Waals surface area contributed by atoms with Crippen molar-refractivity contribution in [3.05, 3.63) is 58.9 Å². The van der Waals surface area contributed by atoms with Crippen molar-refractivity contribution < 1.29 is 33.3 Å². The van der Waals surface area contributed by atoms with Crippen LogP contribution in [0.4, 0.5) is 0 Å². The van der Waals surface area contributed by atoms with Gasteiger partial charge in [0.25, 0.3) is 11.7 Å². The average Bonchev–Trinajstić information content (AvgIpc) is 3.79. The highest BCUT2D eigenvalue weighted by atomic mass is 32.2. The summed E-state index contributed by atoms with van der Waals surface area (Å²) in [6.07, 6.45) is 7.57. The number of aromatic amines is 1. The first-order chi connectivity index (χ1) is 31.8. The molecule has 17 heteroatoms. The maximum absolute atomic E-state index is 13.8. The van der Waals surface area contributed by atoms with E-state index >= 15 is 0 Å². The molecule has 16 nitrogen and oxygen atoms in total. The summed E-state index contributed by atoms with van der Waals surface area (Å²) < 4.78 is 27.6. The number of pyridine rings is 1. The summed E-state index contributed by atoms with van der Waals surface area (Å²) in [4.78, 5) is 46.2. The summed E-state index contributed by atoms with van der Waals surface area (Å²) in [5.41, 5.74) is 10.9. The molecule has 1 atom stereocenters. The smallest absolute Gasteiger partial charge is 0.295 e. The third kappa shape index (κ3) is 15.8. The molecule has 1 amide bonds. The zero-order chi connectivity index (χ0) is 46.2. The molecule has 2 aliphatic heterocycles. The summed E-state index contributed by atoms with van der Waals surface area (Å²) in [6.45, 7) is 18.8. The second-order valence-electron chi connectivity index (χ2n) is 16.1. The largest absolute Gasteiger partial charge is 0.494 e. The van der Waals surface area contributed by atoms with E-state index in [4.69, 9.17) is 29.4 Å². The Morgan fingerprint density at radius 3 is 2.18 bits per heavy atom. The molecule has 2 aliphatic rings. The fourth-order valence-electron chi connectivity index (χ4n) is 8.18. The predicted octanol–water partition coefficient (Wildman–Crippen LogP) is 5.35. The van der Waals surface area contributed by atoms with Gasteiger partial charge < -0.3 is 44.6 Å². The molecule has 2 fully saturated rings. The van der Waals surface area contributed by atoms with Crippen LogP contribution >= 0.6 is 11.8 Å². The molecule has 0 bridgehead atoms. The third-order valence-electron chi connectivity index (χ3n) is 11.9. The predicted molar refractivity (Wildman–Crippen MR) is 257 cm³/mol. The number of fused-ring (bicyclic) bond motifs is 1. The lowest BCUT2D eigenvalue weighted by Gasteiger charge is -2.34. The number of H-pyrrole nitrogens is 1. The molecule has 2 aromatic heterocycles. The summed E-state index contributed by atoms with van der Waals surface area (Å²) in [7, 11) is 1.52. The first kappa shape index (κ1) is 51.4. The van der Waals surface area contributed by atoms with E-state index in [2.05, 4.69) is 62.1 Å². The fourth-order valence-corrected chi connectivity index (χ4v) is 9.01. The molecule has 0 spiro atoms.